The second-order valence-corrected chi connectivity index (χ2v) is 3.63. The first kappa shape index (κ1) is 12.5. The molecule has 0 saturated carbocycles. The summed E-state index contributed by atoms with van der Waals surface area (Å²) in [5, 5.41) is 1.94. The third-order valence-electron chi connectivity index (χ3n) is 0.333. The highest BCUT2D eigenvalue weighted by molar-refractivity contribution is 7.98. The molecule has 62 valence electrons. The quantitative estimate of drug-likeness (QED) is 0.326. The molecule has 0 nitrogen and oxygen atoms in total. The molecule has 0 aromatic carbocycles. The molecule has 6 heteroatoms. The van der Waals surface area contributed by atoms with Gasteiger partial charge in [0.15, 0.2) is 0 Å². The van der Waals surface area contributed by atoms with Crippen molar-refractivity contribution in [3.63, 3.8) is 0 Å². The van der Waals surface area contributed by atoms with Crippen LogP contribution in [0.15, 0.2) is 12.0 Å². The molecule has 0 saturated heterocycles. The van der Waals surface area contributed by atoms with Crippen molar-refractivity contribution < 1.29 is 17.3 Å². The van der Waals surface area contributed by atoms with Gasteiger partial charge in [0.1, 0.15) is 17.9 Å². The molecule has 0 unspecified atom stereocenters. The van der Waals surface area contributed by atoms with E-state index in [-0.39, 0.29) is 0 Å². The summed E-state index contributed by atoms with van der Waals surface area (Å²) < 4.78 is 39.0. The smallest absolute Gasteiger partial charge is 0.418 e. The molecular weight excluding hydrogens is 167 g/mol. The summed E-state index contributed by atoms with van der Waals surface area (Å²) in [6.45, 7) is 3.57. The van der Waals surface area contributed by atoms with E-state index in [4.69, 9.17) is 0 Å². The molecule has 0 radical (unpaired) electrons. The average molecular weight is 176 g/mol. The first-order chi connectivity index (χ1) is 4.27. The summed E-state index contributed by atoms with van der Waals surface area (Å²) in [4.78, 5) is 0. The second kappa shape index (κ2) is 5.64. The molecule has 0 spiro atoms. The van der Waals surface area contributed by atoms with Crippen LogP contribution >= 0.6 is 0 Å². The Labute approximate surface area is 60.8 Å². The third-order valence-corrected chi connectivity index (χ3v) is 1.000. The van der Waals surface area contributed by atoms with Crippen molar-refractivity contribution in [3.8, 4) is 0 Å². The molecule has 0 rings (SSSR count). The summed E-state index contributed by atoms with van der Waals surface area (Å²) in [7, 11) is -5.56. The van der Waals surface area contributed by atoms with Crippen molar-refractivity contribution in [2.75, 3.05) is 12.5 Å². The Hall–Kier alpha value is -0.125. The van der Waals surface area contributed by atoms with Crippen molar-refractivity contribution in [2.45, 2.75) is 0 Å². The monoisotopic (exact) mass is 176 g/mol. The Morgan fingerprint density at radius 1 is 1.20 bits per heavy atom. The van der Waals surface area contributed by atoms with Crippen LogP contribution in [0.4, 0.5) is 17.3 Å². The van der Waals surface area contributed by atoms with Gasteiger partial charge >= 0.3 is 7.25 Å². The first-order valence-electron chi connectivity index (χ1n) is 2.33. The third kappa shape index (κ3) is 106. The van der Waals surface area contributed by atoms with Gasteiger partial charge in [0.2, 0.25) is 0 Å². The minimum Gasteiger partial charge on any atom is -0.418 e. The lowest BCUT2D eigenvalue weighted by molar-refractivity contribution is 0.368. The molecule has 0 aromatic rings. The van der Waals surface area contributed by atoms with Crippen LogP contribution in [0.2, 0.25) is 0 Å². The van der Waals surface area contributed by atoms with Crippen molar-refractivity contribution in [3.05, 3.63) is 12.0 Å². The van der Waals surface area contributed by atoms with Crippen LogP contribution in [0, 0.1) is 0 Å². The maximum Gasteiger partial charge on any atom is 0.673 e. The molecule has 0 bridgehead atoms. The van der Waals surface area contributed by atoms with Crippen LogP contribution in [-0.2, 0) is 10.9 Å². The Bertz CT molecular complexity index is 83.7. The lowest BCUT2D eigenvalue weighted by Gasteiger charge is -1.94. The summed E-state index contributed by atoms with van der Waals surface area (Å²) in [5.74, 6) is 0. The van der Waals surface area contributed by atoms with Gasteiger partial charge in [-0.25, -0.2) is 0 Å². The zero-order valence-electron chi connectivity index (χ0n) is 5.78. The van der Waals surface area contributed by atoms with Crippen molar-refractivity contribution in [1.29, 1.82) is 0 Å². The molecule has 10 heavy (non-hydrogen) atoms. The van der Waals surface area contributed by atoms with Gasteiger partial charge in [-0.15, -0.1) is 0 Å². The zero-order valence-corrected chi connectivity index (χ0v) is 6.60. The van der Waals surface area contributed by atoms with E-state index in [2.05, 4.69) is 19.1 Å². The van der Waals surface area contributed by atoms with E-state index >= 15 is 0 Å². The average Bonchev–Trinajstić information content (AvgIpc) is 1.61. The molecule has 0 N–H and O–H groups in total. The molecule has 0 aromatic heterocycles. The van der Waals surface area contributed by atoms with Gasteiger partial charge in [-0.05, 0) is 0 Å². The van der Waals surface area contributed by atoms with Crippen molar-refractivity contribution in [1.82, 2.24) is 0 Å². The van der Waals surface area contributed by atoms with E-state index < -0.39 is 7.25 Å². The van der Waals surface area contributed by atoms with Gasteiger partial charge in [-0.3, -0.25) is 0 Å². The summed E-state index contributed by atoms with van der Waals surface area (Å²) in [6.07, 6.45) is 4.26. The topological polar surface area (TPSA) is 0 Å². The molecule has 0 fully saturated rings. The maximum atomic E-state index is 9.75. The van der Waals surface area contributed by atoms with E-state index in [0.29, 0.717) is 10.9 Å². The second-order valence-electron chi connectivity index (χ2n) is 1.54. The minimum atomic E-state index is -6.00. The Morgan fingerprint density at radius 2 is 1.30 bits per heavy atom. The van der Waals surface area contributed by atoms with E-state index in [9.17, 15) is 17.3 Å². The minimum absolute atomic E-state index is 0.441. The summed E-state index contributed by atoms with van der Waals surface area (Å²) in [6, 6.07) is 0. The predicted octanol–water partition coefficient (Wildman–Crippen LogP) is 2.31. The Morgan fingerprint density at radius 3 is 1.30 bits per heavy atom. The van der Waals surface area contributed by atoms with Gasteiger partial charge < -0.3 is 17.3 Å². The number of rotatable bonds is 1. The highest BCUT2D eigenvalue weighted by atomic mass is 32.2. The molecule has 0 aliphatic carbocycles. The Kier molecular flexibility index (Phi) is 7.08. The normalized spacial score (nSPS) is 10.3. The van der Waals surface area contributed by atoms with Crippen molar-refractivity contribution >= 4 is 18.1 Å². The van der Waals surface area contributed by atoms with E-state index in [1.807, 2.05) is 5.41 Å². The van der Waals surface area contributed by atoms with Gasteiger partial charge in [0.05, 0.1) is 0 Å². The molecule has 0 atom stereocenters. The fourth-order valence-electron chi connectivity index (χ4n) is 0. The standard InChI is InChI=1S/C4H9S.BF4/c1-4-5(2)3;2-1(3,4)5/h4H,1H2,2-3H3;/q+1;-1. The van der Waals surface area contributed by atoms with Crippen LogP contribution in [0.3, 0.4) is 0 Å². The van der Waals surface area contributed by atoms with Crippen LogP contribution < -0.4 is 0 Å². The van der Waals surface area contributed by atoms with Crippen LogP contribution in [-0.4, -0.2) is 19.8 Å². The molecular formula is C4H9BF4S. The lowest BCUT2D eigenvalue weighted by Crippen LogP contribution is -2.02. The fraction of sp³-hybridized carbons (Fsp3) is 0.500. The number of hydrogen-bond donors (Lipinski definition) is 0. The highest BCUT2D eigenvalue weighted by Crippen LogP contribution is 2.06. The Balaban J connectivity index is 0. The SMILES string of the molecule is C=C[S+](C)C.F[B-](F)(F)F. The largest absolute Gasteiger partial charge is 0.673 e. The van der Waals surface area contributed by atoms with Gasteiger partial charge in [0.25, 0.3) is 0 Å². The van der Waals surface area contributed by atoms with Gasteiger partial charge in [-0.2, -0.15) is 0 Å². The van der Waals surface area contributed by atoms with Gasteiger partial charge in [0, 0.05) is 10.9 Å². The fourth-order valence-corrected chi connectivity index (χ4v) is 0. The van der Waals surface area contributed by atoms with E-state index in [0.717, 1.165) is 0 Å². The number of halogens is 4. The first-order valence-corrected chi connectivity index (χ1v) is 4.44. The van der Waals surface area contributed by atoms with E-state index in [1.165, 1.54) is 0 Å². The predicted molar refractivity (Wildman–Crippen MR) is 39.6 cm³/mol. The van der Waals surface area contributed by atoms with Crippen LogP contribution in [0.1, 0.15) is 0 Å². The summed E-state index contributed by atoms with van der Waals surface area (Å²) in [5.41, 5.74) is 0. The summed E-state index contributed by atoms with van der Waals surface area (Å²) >= 11 is 0. The molecule has 0 aliphatic heterocycles. The van der Waals surface area contributed by atoms with Crippen molar-refractivity contribution in [2.24, 2.45) is 0 Å². The molecule has 0 aliphatic rings. The number of hydrogen-bond acceptors (Lipinski definition) is 0. The van der Waals surface area contributed by atoms with Gasteiger partial charge in [-0.1, -0.05) is 6.58 Å². The van der Waals surface area contributed by atoms with Crippen LogP contribution in [0.5, 0.6) is 0 Å². The zero-order chi connectivity index (χ0) is 8.78. The highest BCUT2D eigenvalue weighted by Gasteiger charge is 2.20. The lowest BCUT2D eigenvalue weighted by atomic mass is 10.3. The van der Waals surface area contributed by atoms with E-state index in [1.54, 1.807) is 0 Å². The molecule has 0 heterocycles. The maximum absolute atomic E-state index is 9.75. The molecule has 0 amide bonds. The van der Waals surface area contributed by atoms with Crippen LogP contribution in [0.25, 0.3) is 0 Å².